The minimum Gasteiger partial charge on any atom is -0.496 e. The Morgan fingerprint density at radius 2 is 1.76 bits per heavy atom. The van der Waals surface area contributed by atoms with Crippen LogP contribution in [0.15, 0.2) is 12.3 Å². The van der Waals surface area contributed by atoms with E-state index in [0.29, 0.717) is 23.9 Å². The normalized spacial score (nSPS) is 36.6. The molecule has 1 heterocycles. The van der Waals surface area contributed by atoms with Crippen molar-refractivity contribution >= 4 is 0 Å². The molecule has 0 aromatic carbocycles. The lowest BCUT2D eigenvalue weighted by Gasteiger charge is -2.44. The number of ether oxygens (including phenoxy) is 3. The number of rotatable bonds is 7. The summed E-state index contributed by atoms with van der Waals surface area (Å²) in [7, 11) is 0. The Kier molecular flexibility index (Phi) is 7.75. The molecule has 0 amide bonds. The van der Waals surface area contributed by atoms with Crippen LogP contribution < -0.4 is 0 Å². The molecule has 0 aromatic heterocycles. The first kappa shape index (κ1) is 18.5. The summed E-state index contributed by atoms with van der Waals surface area (Å²) in [5, 5.41) is 0. The van der Waals surface area contributed by atoms with Gasteiger partial charge in [-0.2, -0.15) is 0 Å². The summed E-state index contributed by atoms with van der Waals surface area (Å²) in [4.78, 5) is 0. The predicted molar refractivity (Wildman–Crippen MR) is 87.0 cm³/mol. The molecule has 1 aliphatic rings. The fraction of sp³-hybridized carbons (Fsp3) is 0.889. The second kappa shape index (κ2) is 8.79. The van der Waals surface area contributed by atoms with Crippen molar-refractivity contribution in [2.24, 2.45) is 17.8 Å². The van der Waals surface area contributed by atoms with Crippen LogP contribution >= 0.6 is 0 Å². The van der Waals surface area contributed by atoms with Crippen LogP contribution in [0.1, 0.15) is 61.3 Å². The van der Waals surface area contributed by atoms with Crippen molar-refractivity contribution in [1.82, 2.24) is 0 Å². The van der Waals surface area contributed by atoms with E-state index in [1.54, 1.807) is 6.26 Å². The summed E-state index contributed by atoms with van der Waals surface area (Å²) in [5.74, 6) is 1.60. The highest BCUT2D eigenvalue weighted by Gasteiger charge is 2.40. The zero-order valence-corrected chi connectivity index (χ0v) is 14.8. The Labute approximate surface area is 131 Å². The van der Waals surface area contributed by atoms with Crippen LogP contribution in [0.4, 0.5) is 0 Å². The van der Waals surface area contributed by atoms with Crippen molar-refractivity contribution in [3.63, 3.8) is 0 Å². The minimum atomic E-state index is -0.126. The molecule has 0 bridgehead atoms. The molecule has 1 saturated heterocycles. The third kappa shape index (κ3) is 4.72. The molecular weight excluding hydrogens is 264 g/mol. The van der Waals surface area contributed by atoms with Crippen molar-refractivity contribution in [1.29, 1.82) is 0 Å². The fourth-order valence-electron chi connectivity index (χ4n) is 3.13. The SMILES string of the molecule is C/C=C\OC(CC)C(C)OC1OC(CC)C(C)C(C)C1C. The molecule has 124 valence electrons. The average molecular weight is 298 g/mol. The van der Waals surface area contributed by atoms with E-state index in [0.717, 1.165) is 12.8 Å². The van der Waals surface area contributed by atoms with E-state index < -0.39 is 0 Å². The number of allylic oxidation sites excluding steroid dienone is 1. The topological polar surface area (TPSA) is 27.7 Å². The highest BCUT2D eigenvalue weighted by molar-refractivity contribution is 4.83. The molecule has 0 spiro atoms. The fourth-order valence-corrected chi connectivity index (χ4v) is 3.13. The van der Waals surface area contributed by atoms with Crippen LogP contribution in [-0.2, 0) is 14.2 Å². The predicted octanol–water partition coefficient (Wildman–Crippen LogP) is 4.76. The van der Waals surface area contributed by atoms with Crippen LogP contribution in [-0.4, -0.2) is 24.6 Å². The number of hydrogen-bond donors (Lipinski definition) is 0. The van der Waals surface area contributed by atoms with Crippen LogP contribution in [0.3, 0.4) is 0 Å². The Morgan fingerprint density at radius 1 is 1.10 bits per heavy atom. The van der Waals surface area contributed by atoms with Gasteiger partial charge < -0.3 is 14.2 Å². The van der Waals surface area contributed by atoms with Gasteiger partial charge >= 0.3 is 0 Å². The van der Waals surface area contributed by atoms with E-state index in [9.17, 15) is 0 Å². The first-order valence-electron chi connectivity index (χ1n) is 8.53. The monoisotopic (exact) mass is 298 g/mol. The van der Waals surface area contributed by atoms with E-state index in [1.165, 1.54) is 0 Å². The van der Waals surface area contributed by atoms with Crippen LogP contribution in [0.5, 0.6) is 0 Å². The zero-order chi connectivity index (χ0) is 16.0. The molecule has 0 N–H and O–H groups in total. The summed E-state index contributed by atoms with van der Waals surface area (Å²) in [6.07, 6.45) is 5.90. The first-order chi connectivity index (χ1) is 9.96. The van der Waals surface area contributed by atoms with Gasteiger partial charge in [0, 0.05) is 5.92 Å². The van der Waals surface area contributed by atoms with E-state index in [4.69, 9.17) is 14.2 Å². The van der Waals surface area contributed by atoms with Gasteiger partial charge in [0.05, 0.1) is 18.5 Å². The lowest BCUT2D eigenvalue weighted by Crippen LogP contribution is -2.47. The van der Waals surface area contributed by atoms with Gasteiger partial charge in [-0.3, -0.25) is 0 Å². The Morgan fingerprint density at radius 3 is 2.29 bits per heavy atom. The molecule has 3 nitrogen and oxygen atoms in total. The van der Waals surface area contributed by atoms with Crippen molar-refractivity contribution < 1.29 is 14.2 Å². The highest BCUT2D eigenvalue weighted by Crippen LogP contribution is 2.37. The molecule has 0 radical (unpaired) electrons. The molecule has 1 aliphatic heterocycles. The maximum absolute atomic E-state index is 6.22. The second-order valence-corrected chi connectivity index (χ2v) is 6.42. The van der Waals surface area contributed by atoms with Gasteiger partial charge in [-0.25, -0.2) is 0 Å². The van der Waals surface area contributed by atoms with Crippen molar-refractivity contribution in [2.45, 2.75) is 85.9 Å². The van der Waals surface area contributed by atoms with Gasteiger partial charge in [0.2, 0.25) is 0 Å². The molecule has 0 aliphatic carbocycles. The number of hydrogen-bond acceptors (Lipinski definition) is 3. The van der Waals surface area contributed by atoms with Crippen LogP contribution in [0.2, 0.25) is 0 Å². The Bertz CT molecular complexity index is 314. The molecule has 0 saturated carbocycles. The molecule has 3 heteroatoms. The molecule has 7 unspecified atom stereocenters. The Balaban J connectivity index is 2.66. The standard InChI is InChI=1S/C18H34O3/c1-8-11-19-17(10-3)15(7)20-18-14(6)12(4)13(5)16(9-2)21-18/h8,11-18H,9-10H2,1-7H3/b11-8-. The summed E-state index contributed by atoms with van der Waals surface area (Å²) in [5.41, 5.74) is 0. The first-order valence-corrected chi connectivity index (χ1v) is 8.53. The zero-order valence-electron chi connectivity index (χ0n) is 14.8. The van der Waals surface area contributed by atoms with E-state index >= 15 is 0 Å². The van der Waals surface area contributed by atoms with Gasteiger partial charge in [0.15, 0.2) is 6.29 Å². The van der Waals surface area contributed by atoms with Crippen LogP contribution in [0, 0.1) is 17.8 Å². The van der Waals surface area contributed by atoms with Gasteiger partial charge in [0.25, 0.3) is 0 Å². The van der Waals surface area contributed by atoms with Gasteiger partial charge in [-0.15, -0.1) is 0 Å². The molecule has 7 atom stereocenters. The summed E-state index contributed by atoms with van der Waals surface area (Å²) in [6.45, 7) is 15.2. The van der Waals surface area contributed by atoms with Crippen molar-refractivity contribution in [2.75, 3.05) is 0 Å². The maximum Gasteiger partial charge on any atom is 0.161 e. The summed E-state index contributed by atoms with van der Waals surface area (Å²) in [6, 6.07) is 0. The minimum absolute atomic E-state index is 0.0248. The van der Waals surface area contributed by atoms with E-state index in [-0.39, 0.29) is 18.5 Å². The summed E-state index contributed by atoms with van der Waals surface area (Å²) < 4.78 is 18.1. The molecular formula is C18H34O3. The average Bonchev–Trinajstić information content (AvgIpc) is 2.48. The van der Waals surface area contributed by atoms with Gasteiger partial charge in [-0.1, -0.05) is 40.7 Å². The largest absolute Gasteiger partial charge is 0.496 e. The molecule has 21 heavy (non-hydrogen) atoms. The highest BCUT2D eigenvalue weighted by atomic mass is 16.7. The van der Waals surface area contributed by atoms with E-state index in [1.807, 2.05) is 13.0 Å². The smallest absolute Gasteiger partial charge is 0.161 e. The van der Waals surface area contributed by atoms with Gasteiger partial charge in [-0.05, 0) is 38.5 Å². The lowest BCUT2D eigenvalue weighted by atomic mass is 9.78. The van der Waals surface area contributed by atoms with Crippen molar-refractivity contribution in [3.8, 4) is 0 Å². The molecule has 1 fully saturated rings. The van der Waals surface area contributed by atoms with Crippen molar-refractivity contribution in [3.05, 3.63) is 12.3 Å². The lowest BCUT2D eigenvalue weighted by molar-refractivity contribution is -0.271. The quantitative estimate of drug-likeness (QED) is 0.634. The Hall–Kier alpha value is -0.540. The summed E-state index contributed by atoms with van der Waals surface area (Å²) >= 11 is 0. The van der Waals surface area contributed by atoms with Gasteiger partial charge in [0.1, 0.15) is 6.10 Å². The molecule has 0 aromatic rings. The molecule has 1 rings (SSSR count). The third-order valence-corrected chi connectivity index (χ3v) is 5.05. The third-order valence-electron chi connectivity index (χ3n) is 5.05. The second-order valence-electron chi connectivity index (χ2n) is 6.42. The van der Waals surface area contributed by atoms with E-state index in [2.05, 4.69) is 41.5 Å². The van der Waals surface area contributed by atoms with Crippen LogP contribution in [0.25, 0.3) is 0 Å². The maximum atomic E-state index is 6.22.